The van der Waals surface area contributed by atoms with Gasteiger partial charge in [-0.2, -0.15) is 0 Å². The van der Waals surface area contributed by atoms with Crippen LogP contribution in [0.5, 0.6) is 0 Å². The molecule has 3 nitrogen and oxygen atoms in total. The summed E-state index contributed by atoms with van der Waals surface area (Å²) in [4.78, 5) is 2.40. The molecule has 0 aliphatic carbocycles. The van der Waals surface area contributed by atoms with Crippen molar-refractivity contribution in [2.24, 2.45) is 0 Å². The van der Waals surface area contributed by atoms with Crippen LogP contribution in [0.4, 0.5) is 17.1 Å². The SMILES string of the molecule is c1ccc(-c2cccc3cccc(-c4ccccc4N(c4ccc5c(c4)oc4ccccc45)c4ccc5c(c4)c4ccccc4n5-c4ccccc4)c23)cc1. The highest BCUT2D eigenvalue weighted by atomic mass is 16.3. The Kier molecular flexibility index (Phi) is 7.17. The van der Waals surface area contributed by atoms with Crippen molar-refractivity contribution in [1.29, 1.82) is 0 Å². The maximum absolute atomic E-state index is 6.50. The van der Waals surface area contributed by atoms with Gasteiger partial charge in [0.2, 0.25) is 0 Å². The van der Waals surface area contributed by atoms with E-state index in [9.17, 15) is 0 Å². The maximum Gasteiger partial charge on any atom is 0.137 e. The molecule has 0 saturated carbocycles. The fraction of sp³-hybridized carbons (Fsp3) is 0. The van der Waals surface area contributed by atoms with Crippen LogP contribution in [0.2, 0.25) is 0 Å². The number of fused-ring (bicyclic) bond motifs is 7. The summed E-state index contributed by atoms with van der Waals surface area (Å²) < 4.78 is 8.87. The second-order valence-electron chi connectivity index (χ2n) is 14.1. The van der Waals surface area contributed by atoms with Crippen molar-refractivity contribution in [2.75, 3.05) is 4.90 Å². The van der Waals surface area contributed by atoms with Gasteiger partial charge in [-0.15, -0.1) is 0 Å². The molecule has 9 aromatic carbocycles. The van der Waals surface area contributed by atoms with Crippen LogP contribution in [0.3, 0.4) is 0 Å². The van der Waals surface area contributed by atoms with E-state index in [0.29, 0.717) is 0 Å². The van der Waals surface area contributed by atoms with Crippen molar-refractivity contribution in [2.45, 2.75) is 0 Å². The van der Waals surface area contributed by atoms with E-state index in [4.69, 9.17) is 4.42 Å². The Hall–Kier alpha value is -7.36. The number of hydrogen-bond donors (Lipinski definition) is 0. The lowest BCUT2D eigenvalue weighted by Crippen LogP contribution is -2.11. The second kappa shape index (κ2) is 12.6. The molecule has 11 aromatic rings. The minimum Gasteiger partial charge on any atom is -0.456 e. The van der Waals surface area contributed by atoms with Gasteiger partial charge >= 0.3 is 0 Å². The zero-order valence-corrected chi connectivity index (χ0v) is 29.9. The standard InChI is InChI=1S/C52H34N2O/c1-3-15-35(16-4-1)40-24-13-17-36-18-14-25-45(52(36)40)41-21-7-10-26-47(41)53(39-29-31-44-43-23-9-12-28-50(43)55-51(44)34-39)38-30-32-49-46(33-38)42-22-8-11-27-48(42)54(49)37-19-5-2-6-20-37/h1-34H. The van der Waals surface area contributed by atoms with Gasteiger partial charge in [-0.25, -0.2) is 0 Å². The first-order valence-electron chi connectivity index (χ1n) is 18.8. The normalized spacial score (nSPS) is 11.6. The van der Waals surface area contributed by atoms with Crippen LogP contribution in [0.25, 0.3) is 82.5 Å². The molecule has 0 aliphatic heterocycles. The number of aromatic nitrogens is 1. The molecule has 0 saturated heterocycles. The van der Waals surface area contributed by atoms with E-state index < -0.39 is 0 Å². The van der Waals surface area contributed by atoms with Crippen molar-refractivity contribution in [3.8, 4) is 27.9 Å². The Bertz CT molecular complexity index is 3200. The van der Waals surface area contributed by atoms with E-state index in [1.54, 1.807) is 0 Å². The molecular formula is C52H34N2O. The zero-order valence-electron chi connectivity index (χ0n) is 29.9. The predicted octanol–water partition coefficient (Wildman–Crippen LogP) is 14.6. The van der Waals surface area contributed by atoms with Crippen LogP contribution >= 0.6 is 0 Å². The highest BCUT2D eigenvalue weighted by Crippen LogP contribution is 2.47. The molecule has 0 fully saturated rings. The van der Waals surface area contributed by atoms with Crippen molar-refractivity contribution in [1.82, 2.24) is 4.57 Å². The van der Waals surface area contributed by atoms with Crippen LogP contribution in [0.1, 0.15) is 0 Å². The van der Waals surface area contributed by atoms with Gasteiger partial charge in [-0.1, -0.05) is 140 Å². The summed E-state index contributed by atoms with van der Waals surface area (Å²) in [5.41, 5.74) is 13.2. The highest BCUT2D eigenvalue weighted by molar-refractivity contribution is 6.13. The third-order valence-electron chi connectivity index (χ3n) is 11.0. The first kappa shape index (κ1) is 31.2. The first-order chi connectivity index (χ1) is 27.3. The van der Waals surface area contributed by atoms with Gasteiger partial charge in [0, 0.05) is 50.2 Å². The summed E-state index contributed by atoms with van der Waals surface area (Å²) in [6.45, 7) is 0. The van der Waals surface area contributed by atoms with E-state index in [1.807, 2.05) is 12.1 Å². The van der Waals surface area contributed by atoms with Gasteiger partial charge in [-0.05, 0) is 88.1 Å². The van der Waals surface area contributed by atoms with Crippen molar-refractivity contribution >= 4 is 71.6 Å². The van der Waals surface area contributed by atoms with Crippen LogP contribution < -0.4 is 4.90 Å². The highest BCUT2D eigenvalue weighted by Gasteiger charge is 2.22. The monoisotopic (exact) mass is 702 g/mol. The quantitative estimate of drug-likeness (QED) is 0.172. The van der Waals surface area contributed by atoms with Crippen molar-refractivity contribution in [3.05, 3.63) is 206 Å². The van der Waals surface area contributed by atoms with Gasteiger partial charge in [0.25, 0.3) is 0 Å². The molecular weight excluding hydrogens is 669 g/mol. The molecule has 0 radical (unpaired) electrons. The fourth-order valence-corrected chi connectivity index (χ4v) is 8.56. The smallest absolute Gasteiger partial charge is 0.137 e. The average molecular weight is 703 g/mol. The fourth-order valence-electron chi connectivity index (χ4n) is 8.56. The van der Waals surface area contributed by atoms with Gasteiger partial charge in [0.15, 0.2) is 0 Å². The summed E-state index contributed by atoms with van der Waals surface area (Å²) in [6, 6.07) is 74.0. The Morgan fingerprint density at radius 3 is 1.85 bits per heavy atom. The van der Waals surface area contributed by atoms with Crippen LogP contribution in [0.15, 0.2) is 211 Å². The lowest BCUT2D eigenvalue weighted by Gasteiger charge is -2.28. The van der Waals surface area contributed by atoms with Crippen molar-refractivity contribution in [3.63, 3.8) is 0 Å². The molecule has 0 atom stereocenters. The van der Waals surface area contributed by atoms with E-state index in [-0.39, 0.29) is 0 Å². The Balaban J connectivity index is 1.19. The van der Waals surface area contributed by atoms with Gasteiger partial charge in [0.05, 0.1) is 16.7 Å². The maximum atomic E-state index is 6.50. The molecule has 258 valence electrons. The van der Waals surface area contributed by atoms with Gasteiger partial charge in [-0.3, -0.25) is 0 Å². The Morgan fingerprint density at radius 2 is 1.00 bits per heavy atom. The third-order valence-corrected chi connectivity index (χ3v) is 11.0. The molecule has 2 heterocycles. The predicted molar refractivity (Wildman–Crippen MR) is 231 cm³/mol. The molecule has 0 bridgehead atoms. The molecule has 0 amide bonds. The molecule has 3 heteroatoms. The number of nitrogens with zero attached hydrogens (tertiary/aromatic N) is 2. The number of anilines is 3. The molecule has 0 unspecified atom stereocenters. The van der Waals surface area contributed by atoms with Crippen LogP contribution in [0, 0.1) is 0 Å². The lowest BCUT2D eigenvalue weighted by molar-refractivity contribution is 0.669. The summed E-state index contributed by atoms with van der Waals surface area (Å²) in [5, 5.41) is 7.08. The molecule has 0 spiro atoms. The summed E-state index contributed by atoms with van der Waals surface area (Å²) in [7, 11) is 0. The van der Waals surface area contributed by atoms with E-state index in [1.165, 1.54) is 49.3 Å². The topological polar surface area (TPSA) is 21.3 Å². The lowest BCUT2D eigenvalue weighted by atomic mass is 9.90. The summed E-state index contributed by atoms with van der Waals surface area (Å²) in [6.07, 6.45) is 0. The van der Waals surface area contributed by atoms with Crippen LogP contribution in [-0.4, -0.2) is 4.57 Å². The summed E-state index contributed by atoms with van der Waals surface area (Å²) in [5.74, 6) is 0. The number of benzene rings is 9. The molecule has 2 aromatic heterocycles. The first-order valence-corrected chi connectivity index (χ1v) is 18.8. The largest absolute Gasteiger partial charge is 0.456 e. The number of furan rings is 1. The Labute approximate surface area is 318 Å². The van der Waals surface area contributed by atoms with E-state index in [2.05, 4.69) is 204 Å². The van der Waals surface area contributed by atoms with Gasteiger partial charge in [0.1, 0.15) is 11.2 Å². The number of hydrogen-bond acceptors (Lipinski definition) is 2. The number of para-hydroxylation sites is 4. The second-order valence-corrected chi connectivity index (χ2v) is 14.1. The summed E-state index contributed by atoms with van der Waals surface area (Å²) >= 11 is 0. The van der Waals surface area contributed by atoms with E-state index >= 15 is 0 Å². The molecule has 11 rings (SSSR count). The minimum atomic E-state index is 0.861. The molecule has 0 aliphatic rings. The third kappa shape index (κ3) is 5.05. The Morgan fingerprint density at radius 1 is 0.382 bits per heavy atom. The zero-order chi connectivity index (χ0) is 36.3. The van der Waals surface area contributed by atoms with Gasteiger partial charge < -0.3 is 13.9 Å². The van der Waals surface area contributed by atoms with E-state index in [0.717, 1.165) is 50.3 Å². The molecule has 0 N–H and O–H groups in total. The van der Waals surface area contributed by atoms with Crippen molar-refractivity contribution < 1.29 is 4.42 Å². The minimum absolute atomic E-state index is 0.861. The van der Waals surface area contributed by atoms with Crippen LogP contribution in [-0.2, 0) is 0 Å². The molecule has 55 heavy (non-hydrogen) atoms. The average Bonchev–Trinajstić information content (AvgIpc) is 3.79. The number of rotatable bonds is 6.